The van der Waals surface area contributed by atoms with Crippen LogP contribution in [0.4, 0.5) is 22.0 Å². The monoisotopic (exact) mass is 586 g/mol. The number of H-pyrrole nitrogens is 1. The topological polar surface area (TPSA) is 120 Å². The zero-order valence-corrected chi connectivity index (χ0v) is 22.1. The molecular weight excluding hydrogens is 559 g/mol. The first-order valence-electron chi connectivity index (χ1n) is 13.1. The van der Waals surface area contributed by atoms with Crippen molar-refractivity contribution in [3.63, 3.8) is 0 Å². The number of aromatic nitrogens is 3. The molecule has 42 heavy (non-hydrogen) atoms. The number of carbonyl (C=O) groups excluding carboxylic acids is 1. The molecule has 2 atom stereocenters. The van der Waals surface area contributed by atoms with Gasteiger partial charge in [-0.1, -0.05) is 12.1 Å². The summed E-state index contributed by atoms with van der Waals surface area (Å²) >= 11 is 0. The van der Waals surface area contributed by atoms with Crippen LogP contribution >= 0.6 is 0 Å². The maximum absolute atomic E-state index is 14.3. The van der Waals surface area contributed by atoms with Crippen LogP contribution in [0.25, 0.3) is 11.1 Å². The number of alkyl halides is 2. The number of aromatic amines is 1. The van der Waals surface area contributed by atoms with E-state index in [1.807, 2.05) is 0 Å². The van der Waals surface area contributed by atoms with Crippen LogP contribution in [0.1, 0.15) is 52.5 Å². The first-order chi connectivity index (χ1) is 20.1. The Labute approximate surface area is 237 Å². The number of carbonyl (C=O) groups is 1. The Morgan fingerprint density at radius 3 is 2.57 bits per heavy atom. The highest BCUT2D eigenvalue weighted by Gasteiger charge is 2.28. The summed E-state index contributed by atoms with van der Waals surface area (Å²) in [6.07, 6.45) is -2.52. The van der Waals surface area contributed by atoms with Crippen molar-refractivity contribution in [3.05, 3.63) is 106 Å². The molecule has 1 aliphatic rings. The summed E-state index contributed by atoms with van der Waals surface area (Å²) in [6.45, 7) is 0.358. The Kier molecular flexibility index (Phi) is 8.61. The summed E-state index contributed by atoms with van der Waals surface area (Å²) in [7, 11) is 0. The minimum absolute atomic E-state index is 0.0561. The molecular formula is C29H27F5N6O2. The molecule has 3 heterocycles. The highest BCUT2D eigenvalue weighted by Crippen LogP contribution is 2.32. The number of nitrogens with two attached hydrogens (primary N) is 1. The predicted molar refractivity (Wildman–Crippen MR) is 142 cm³/mol. The molecule has 5 N–H and O–H groups in total. The van der Waals surface area contributed by atoms with Crippen LogP contribution in [-0.4, -0.2) is 44.2 Å². The molecule has 13 heteroatoms. The largest absolute Gasteiger partial charge is 0.374 e. The van der Waals surface area contributed by atoms with Gasteiger partial charge in [-0.2, -0.15) is 5.10 Å². The van der Waals surface area contributed by atoms with Gasteiger partial charge in [-0.15, -0.1) is 0 Å². The van der Waals surface area contributed by atoms with E-state index in [-0.39, 0.29) is 36.3 Å². The second-order valence-corrected chi connectivity index (χ2v) is 10.0. The number of hydrogen-bond acceptors (Lipinski definition) is 6. The van der Waals surface area contributed by atoms with E-state index in [9.17, 15) is 31.9 Å². The average molecular weight is 587 g/mol. The number of hydrogen-bond donors (Lipinski definition) is 4. The van der Waals surface area contributed by atoms with Crippen molar-refractivity contribution in [2.45, 2.75) is 38.1 Å². The molecule has 2 unspecified atom stereocenters. The first kappa shape index (κ1) is 29.3. The van der Waals surface area contributed by atoms with Gasteiger partial charge in [-0.25, -0.2) is 22.0 Å². The van der Waals surface area contributed by atoms with Gasteiger partial charge in [0.25, 0.3) is 6.43 Å². The minimum Gasteiger partial charge on any atom is -0.374 e. The molecule has 0 bridgehead atoms. The maximum atomic E-state index is 14.3. The zero-order valence-electron chi connectivity index (χ0n) is 22.1. The van der Waals surface area contributed by atoms with Crippen LogP contribution in [0.15, 0.2) is 54.7 Å². The van der Waals surface area contributed by atoms with E-state index in [4.69, 9.17) is 5.73 Å². The summed E-state index contributed by atoms with van der Waals surface area (Å²) in [5.41, 5.74) is 7.44. The van der Waals surface area contributed by atoms with Crippen LogP contribution in [0, 0.1) is 17.5 Å². The number of pyridine rings is 1. The van der Waals surface area contributed by atoms with Crippen molar-refractivity contribution < 1.29 is 31.9 Å². The molecule has 1 aliphatic heterocycles. The predicted octanol–water partition coefficient (Wildman–Crippen LogP) is 4.23. The molecule has 5 rings (SSSR count). The van der Waals surface area contributed by atoms with Gasteiger partial charge in [0.1, 0.15) is 29.4 Å². The molecule has 0 saturated carbocycles. The number of amides is 1. The standard InChI is InChI=1S/C29H27F5N6O2/c30-17-8-15(9-18(31)12-17)10-24(26-19(2-1-6-36-26)16-3-4-22(32)20(11-16)29(35)42)37-25(41)14-40-7-5-23-21(13-40)27(28(33)34)39-38-23/h1-4,6,8-9,11-12,24,28-29,42H,5,7,10,13-14,35H2,(H,37,41)(H,38,39). The summed E-state index contributed by atoms with van der Waals surface area (Å²) in [4.78, 5) is 19.5. The summed E-state index contributed by atoms with van der Waals surface area (Å²) in [6, 6.07) is 9.36. The van der Waals surface area contributed by atoms with Gasteiger partial charge >= 0.3 is 0 Å². The molecule has 2 aromatic heterocycles. The van der Waals surface area contributed by atoms with E-state index < -0.39 is 42.1 Å². The molecule has 0 radical (unpaired) electrons. The molecule has 0 saturated heterocycles. The second-order valence-electron chi connectivity index (χ2n) is 10.0. The van der Waals surface area contributed by atoms with E-state index in [0.29, 0.717) is 41.0 Å². The summed E-state index contributed by atoms with van der Waals surface area (Å²) in [5, 5.41) is 19.0. The summed E-state index contributed by atoms with van der Waals surface area (Å²) in [5.74, 6) is -2.78. The van der Waals surface area contributed by atoms with Crippen LogP contribution in [0.2, 0.25) is 0 Å². The fraction of sp³-hybridized carbons (Fsp3) is 0.276. The minimum atomic E-state index is -2.76. The lowest BCUT2D eigenvalue weighted by Crippen LogP contribution is -2.41. The van der Waals surface area contributed by atoms with Gasteiger partial charge in [0.2, 0.25) is 5.91 Å². The van der Waals surface area contributed by atoms with Crippen molar-refractivity contribution in [1.29, 1.82) is 0 Å². The van der Waals surface area contributed by atoms with Gasteiger partial charge in [0.05, 0.1) is 18.3 Å². The number of halogens is 5. The quantitative estimate of drug-likeness (QED) is 0.172. The lowest BCUT2D eigenvalue weighted by Gasteiger charge is -2.28. The first-order valence-corrected chi connectivity index (χ1v) is 13.1. The van der Waals surface area contributed by atoms with E-state index in [1.54, 1.807) is 17.0 Å². The highest BCUT2D eigenvalue weighted by atomic mass is 19.3. The molecule has 0 spiro atoms. The molecule has 1 amide bonds. The fourth-order valence-corrected chi connectivity index (χ4v) is 5.19. The third-order valence-electron chi connectivity index (χ3n) is 7.11. The van der Waals surface area contributed by atoms with Crippen molar-refractivity contribution in [2.24, 2.45) is 5.73 Å². The summed E-state index contributed by atoms with van der Waals surface area (Å²) < 4.78 is 69.1. The van der Waals surface area contributed by atoms with Crippen molar-refractivity contribution >= 4 is 5.91 Å². The van der Waals surface area contributed by atoms with Crippen LogP contribution in [0.3, 0.4) is 0 Å². The van der Waals surface area contributed by atoms with Crippen LogP contribution in [0.5, 0.6) is 0 Å². The molecule has 8 nitrogen and oxygen atoms in total. The number of nitrogens with zero attached hydrogens (tertiary/aromatic N) is 3. The SMILES string of the molecule is NC(O)c1cc(-c2cccnc2C(Cc2cc(F)cc(F)c2)NC(=O)CN2CCc3[nH]nc(C(F)F)c3C2)ccc1F. The van der Waals surface area contributed by atoms with Gasteiger partial charge < -0.3 is 16.2 Å². The average Bonchev–Trinajstić information content (AvgIpc) is 3.36. The third kappa shape index (κ3) is 6.48. The third-order valence-corrected chi connectivity index (χ3v) is 7.11. The number of benzene rings is 2. The van der Waals surface area contributed by atoms with E-state index in [0.717, 1.165) is 24.3 Å². The number of nitrogens with one attached hydrogen (secondary N) is 2. The van der Waals surface area contributed by atoms with E-state index in [1.165, 1.54) is 18.3 Å². The highest BCUT2D eigenvalue weighted by molar-refractivity contribution is 5.79. The lowest BCUT2D eigenvalue weighted by molar-refractivity contribution is -0.123. The normalized spacial score (nSPS) is 15.0. The Hall–Kier alpha value is -4.20. The Balaban J connectivity index is 1.45. The molecule has 4 aromatic rings. The van der Waals surface area contributed by atoms with Crippen molar-refractivity contribution in [1.82, 2.24) is 25.4 Å². The number of aliphatic hydroxyl groups excluding tert-OH is 1. The Morgan fingerprint density at radius 1 is 1.10 bits per heavy atom. The van der Waals surface area contributed by atoms with Crippen molar-refractivity contribution in [2.75, 3.05) is 13.1 Å². The molecule has 0 fully saturated rings. The van der Waals surface area contributed by atoms with Gasteiger partial charge in [0, 0.05) is 54.2 Å². The maximum Gasteiger partial charge on any atom is 0.282 e. The van der Waals surface area contributed by atoms with Gasteiger partial charge in [-0.05, 0) is 47.9 Å². The van der Waals surface area contributed by atoms with E-state index in [2.05, 4.69) is 20.5 Å². The van der Waals surface area contributed by atoms with E-state index >= 15 is 0 Å². The van der Waals surface area contributed by atoms with Gasteiger partial charge in [0.15, 0.2) is 0 Å². The molecule has 2 aromatic carbocycles. The number of fused-ring (bicyclic) bond motifs is 1. The van der Waals surface area contributed by atoms with Crippen LogP contribution < -0.4 is 11.1 Å². The number of rotatable bonds is 9. The van der Waals surface area contributed by atoms with Gasteiger partial charge in [-0.3, -0.25) is 19.8 Å². The fourth-order valence-electron chi connectivity index (χ4n) is 5.19. The Morgan fingerprint density at radius 2 is 1.86 bits per heavy atom. The van der Waals surface area contributed by atoms with Crippen molar-refractivity contribution in [3.8, 4) is 11.1 Å². The lowest BCUT2D eigenvalue weighted by atomic mass is 9.94. The smallest absolute Gasteiger partial charge is 0.282 e. The number of aliphatic hydroxyl groups is 1. The molecule has 0 aliphatic carbocycles. The zero-order chi connectivity index (χ0) is 30.0. The second kappa shape index (κ2) is 12.3. The molecule has 220 valence electrons. The Bertz CT molecular complexity index is 1570. The van der Waals surface area contributed by atoms with Crippen LogP contribution in [-0.2, 0) is 24.2 Å².